The van der Waals surface area contributed by atoms with Gasteiger partial charge in [0.25, 0.3) is 0 Å². The van der Waals surface area contributed by atoms with Crippen LogP contribution in [0.1, 0.15) is 5.56 Å². The monoisotopic (exact) mass is 229 g/mol. The smallest absolute Gasteiger partial charge is 0.383 e. The molecule has 0 spiro atoms. The molecule has 5 nitrogen and oxygen atoms in total. The van der Waals surface area contributed by atoms with Crippen LogP contribution in [-0.4, -0.2) is 24.9 Å². The molecule has 6 heteroatoms. The zero-order valence-corrected chi connectivity index (χ0v) is 9.35. The molecule has 1 N–H and O–H groups in total. The first-order valence-corrected chi connectivity index (χ1v) is 5.71. The van der Waals surface area contributed by atoms with Crippen molar-refractivity contribution in [2.24, 2.45) is 5.16 Å². The van der Waals surface area contributed by atoms with E-state index in [4.69, 9.17) is 14.3 Å². The average Bonchev–Trinajstić information content (AvgIpc) is 2.31. The summed E-state index contributed by atoms with van der Waals surface area (Å²) in [6.45, 7) is 0. The molecule has 1 aromatic carbocycles. The van der Waals surface area contributed by atoms with E-state index in [9.17, 15) is 4.57 Å². The highest BCUT2D eigenvalue weighted by Crippen LogP contribution is 2.49. The summed E-state index contributed by atoms with van der Waals surface area (Å²) < 4.78 is 21.4. The molecule has 0 aromatic heterocycles. The molecule has 0 radical (unpaired) electrons. The molecule has 0 aliphatic rings. The molecule has 1 aromatic rings. The van der Waals surface area contributed by atoms with Gasteiger partial charge in [-0.05, 0) is 0 Å². The van der Waals surface area contributed by atoms with Gasteiger partial charge in [-0.3, -0.25) is 4.57 Å². The van der Waals surface area contributed by atoms with Crippen molar-refractivity contribution in [3.63, 3.8) is 0 Å². The third-order valence-corrected chi connectivity index (χ3v) is 3.69. The van der Waals surface area contributed by atoms with Crippen LogP contribution in [0.15, 0.2) is 35.5 Å². The molecule has 0 aliphatic carbocycles. The first-order chi connectivity index (χ1) is 7.18. The van der Waals surface area contributed by atoms with Crippen LogP contribution in [0, 0.1) is 0 Å². The van der Waals surface area contributed by atoms with Gasteiger partial charge in [0.2, 0.25) is 0 Å². The van der Waals surface area contributed by atoms with E-state index in [0.29, 0.717) is 5.56 Å². The third-order valence-electron chi connectivity index (χ3n) is 1.87. The fraction of sp³-hybridized carbons (Fsp3) is 0.222. The van der Waals surface area contributed by atoms with Gasteiger partial charge in [-0.25, -0.2) is 0 Å². The maximum atomic E-state index is 11.9. The molecule has 0 saturated heterocycles. The molecular formula is C9H12NO4P. The summed E-state index contributed by atoms with van der Waals surface area (Å²) in [6.07, 6.45) is 0. The van der Waals surface area contributed by atoms with Crippen molar-refractivity contribution in [1.82, 2.24) is 0 Å². The molecule has 0 unspecified atom stereocenters. The van der Waals surface area contributed by atoms with E-state index >= 15 is 0 Å². The number of nitrogens with zero attached hydrogens (tertiary/aromatic N) is 1. The van der Waals surface area contributed by atoms with Crippen LogP contribution in [0.3, 0.4) is 0 Å². The van der Waals surface area contributed by atoms with E-state index in [1.807, 2.05) is 0 Å². The SMILES string of the molecule is COP(=O)(OC)C(=NO)c1ccccc1. The maximum absolute atomic E-state index is 11.9. The van der Waals surface area contributed by atoms with Gasteiger partial charge >= 0.3 is 7.60 Å². The summed E-state index contributed by atoms with van der Waals surface area (Å²) in [5, 5.41) is 11.8. The van der Waals surface area contributed by atoms with Gasteiger partial charge in [0.1, 0.15) is 0 Å². The Balaban J connectivity index is 3.17. The highest BCUT2D eigenvalue weighted by atomic mass is 31.2. The second-order valence-corrected chi connectivity index (χ2v) is 4.80. The summed E-state index contributed by atoms with van der Waals surface area (Å²) in [4.78, 5) is 0. The number of rotatable bonds is 4. The second kappa shape index (κ2) is 5.07. The average molecular weight is 229 g/mol. The van der Waals surface area contributed by atoms with Crippen molar-refractivity contribution < 1.29 is 18.8 Å². The Labute approximate surface area is 87.9 Å². The standard InChI is InChI=1S/C9H12NO4P/c1-13-15(12,14-2)9(10-11)8-6-4-3-5-7-8/h3-7,11H,1-2H3. The van der Waals surface area contributed by atoms with Gasteiger partial charge < -0.3 is 14.3 Å². The molecular weight excluding hydrogens is 217 g/mol. The molecule has 0 bridgehead atoms. The molecule has 1 rings (SSSR count). The zero-order valence-electron chi connectivity index (χ0n) is 8.45. The Morgan fingerprint density at radius 1 is 1.27 bits per heavy atom. The first kappa shape index (κ1) is 11.9. The Morgan fingerprint density at radius 3 is 2.20 bits per heavy atom. The molecule has 82 valence electrons. The zero-order chi connectivity index (χ0) is 11.3. The van der Waals surface area contributed by atoms with Gasteiger partial charge in [0, 0.05) is 19.8 Å². The van der Waals surface area contributed by atoms with Crippen LogP contribution in [0.2, 0.25) is 0 Å². The lowest BCUT2D eigenvalue weighted by atomic mass is 10.2. The number of hydrogen-bond donors (Lipinski definition) is 1. The lowest BCUT2D eigenvalue weighted by molar-refractivity contribution is 0.284. The minimum absolute atomic E-state index is 0.104. The molecule has 0 atom stereocenters. The highest BCUT2D eigenvalue weighted by molar-refractivity contribution is 7.73. The van der Waals surface area contributed by atoms with E-state index in [2.05, 4.69) is 5.16 Å². The summed E-state index contributed by atoms with van der Waals surface area (Å²) in [6, 6.07) is 8.56. The van der Waals surface area contributed by atoms with Gasteiger partial charge in [0.15, 0.2) is 5.45 Å². The van der Waals surface area contributed by atoms with Crippen molar-refractivity contribution in [1.29, 1.82) is 0 Å². The Bertz CT molecular complexity index is 382. The minimum atomic E-state index is -3.51. The quantitative estimate of drug-likeness (QED) is 0.372. The van der Waals surface area contributed by atoms with Crippen LogP contribution >= 0.6 is 7.60 Å². The van der Waals surface area contributed by atoms with Crippen molar-refractivity contribution in [2.75, 3.05) is 14.2 Å². The predicted molar refractivity (Wildman–Crippen MR) is 56.4 cm³/mol. The fourth-order valence-electron chi connectivity index (χ4n) is 1.11. The first-order valence-electron chi connectivity index (χ1n) is 4.17. The molecule has 0 aliphatic heterocycles. The number of oxime groups is 1. The summed E-state index contributed by atoms with van der Waals surface area (Å²) >= 11 is 0. The van der Waals surface area contributed by atoms with Crippen LogP contribution in [0.5, 0.6) is 0 Å². The largest absolute Gasteiger partial charge is 0.410 e. The number of benzene rings is 1. The van der Waals surface area contributed by atoms with Crippen LogP contribution in [0.4, 0.5) is 0 Å². The highest BCUT2D eigenvalue weighted by Gasteiger charge is 2.31. The molecule has 0 saturated carbocycles. The Hall–Kier alpha value is -1.16. The van der Waals surface area contributed by atoms with E-state index < -0.39 is 7.60 Å². The lowest BCUT2D eigenvalue weighted by Gasteiger charge is -2.14. The van der Waals surface area contributed by atoms with Crippen molar-refractivity contribution >= 4 is 13.0 Å². The van der Waals surface area contributed by atoms with E-state index in [1.54, 1.807) is 30.3 Å². The minimum Gasteiger partial charge on any atom is -0.410 e. The van der Waals surface area contributed by atoms with E-state index in [-0.39, 0.29) is 5.45 Å². The van der Waals surface area contributed by atoms with Crippen LogP contribution < -0.4 is 0 Å². The van der Waals surface area contributed by atoms with Gasteiger partial charge in [0.05, 0.1) is 0 Å². The summed E-state index contributed by atoms with van der Waals surface area (Å²) in [5.41, 5.74) is 0.389. The Morgan fingerprint density at radius 2 is 1.80 bits per heavy atom. The van der Waals surface area contributed by atoms with E-state index in [1.165, 1.54) is 14.2 Å². The van der Waals surface area contributed by atoms with Crippen molar-refractivity contribution in [3.8, 4) is 0 Å². The summed E-state index contributed by atoms with van der Waals surface area (Å²) in [5.74, 6) is 0. The predicted octanol–water partition coefficient (Wildman–Crippen LogP) is 2.31. The maximum Gasteiger partial charge on any atom is 0.383 e. The van der Waals surface area contributed by atoms with Gasteiger partial charge in [-0.15, -0.1) is 0 Å². The third kappa shape index (κ3) is 2.45. The molecule has 0 fully saturated rings. The normalized spacial score (nSPS) is 12.8. The topological polar surface area (TPSA) is 68.1 Å². The number of hydrogen-bond acceptors (Lipinski definition) is 5. The molecule has 0 heterocycles. The molecule has 0 amide bonds. The van der Waals surface area contributed by atoms with Gasteiger partial charge in [-0.2, -0.15) is 0 Å². The van der Waals surface area contributed by atoms with Crippen LogP contribution in [0.25, 0.3) is 0 Å². The fourth-order valence-corrected chi connectivity index (χ4v) is 2.18. The molecule has 15 heavy (non-hydrogen) atoms. The van der Waals surface area contributed by atoms with Crippen molar-refractivity contribution in [2.45, 2.75) is 0 Å². The summed E-state index contributed by atoms with van der Waals surface area (Å²) in [7, 11) is -1.04. The van der Waals surface area contributed by atoms with Crippen molar-refractivity contribution in [3.05, 3.63) is 35.9 Å². The van der Waals surface area contributed by atoms with Crippen LogP contribution in [-0.2, 0) is 13.6 Å². The van der Waals surface area contributed by atoms with Gasteiger partial charge in [-0.1, -0.05) is 35.5 Å². The van der Waals surface area contributed by atoms with E-state index in [0.717, 1.165) is 0 Å². The Kier molecular flexibility index (Phi) is 4.03. The lowest BCUT2D eigenvalue weighted by Crippen LogP contribution is -2.05. The second-order valence-electron chi connectivity index (χ2n) is 2.65.